The van der Waals surface area contributed by atoms with Gasteiger partial charge in [-0.15, -0.1) is 0 Å². The van der Waals surface area contributed by atoms with Crippen LogP contribution in [-0.2, 0) is 0 Å². The van der Waals surface area contributed by atoms with E-state index in [1.165, 1.54) is 32.1 Å². The zero-order chi connectivity index (χ0) is 13.6. The molecule has 1 unspecified atom stereocenters. The zero-order valence-corrected chi connectivity index (χ0v) is 11.5. The molecule has 0 aromatic carbocycles. The van der Waals surface area contributed by atoms with Gasteiger partial charge in [-0.2, -0.15) is 13.2 Å². The van der Waals surface area contributed by atoms with Crippen LogP contribution in [0.25, 0.3) is 0 Å². The van der Waals surface area contributed by atoms with Crippen molar-refractivity contribution in [3.63, 3.8) is 0 Å². The van der Waals surface area contributed by atoms with Gasteiger partial charge in [0.25, 0.3) is 0 Å². The molecule has 18 heavy (non-hydrogen) atoms. The fraction of sp³-hybridized carbons (Fsp3) is 1.00. The molecule has 0 aliphatic heterocycles. The van der Waals surface area contributed by atoms with E-state index < -0.39 is 12.6 Å². The summed E-state index contributed by atoms with van der Waals surface area (Å²) in [5.41, 5.74) is 0. The molecule has 1 N–H and O–H groups in total. The molecule has 0 aromatic rings. The Bertz CT molecular complexity index is 220. The maximum Gasteiger partial charge on any atom is 0.389 e. The van der Waals surface area contributed by atoms with E-state index in [1.807, 2.05) is 6.92 Å². The van der Waals surface area contributed by atoms with Crippen molar-refractivity contribution in [2.24, 2.45) is 5.92 Å². The Hall–Kier alpha value is -0.250. The maximum absolute atomic E-state index is 12.0. The van der Waals surface area contributed by atoms with Crippen molar-refractivity contribution in [3.05, 3.63) is 0 Å². The molecule has 0 aromatic heterocycles. The third kappa shape index (κ3) is 6.62. The molecule has 0 amide bonds. The van der Waals surface area contributed by atoms with Gasteiger partial charge >= 0.3 is 6.18 Å². The normalized spacial score (nSPS) is 27.2. The van der Waals surface area contributed by atoms with Crippen LogP contribution in [0.2, 0.25) is 0 Å². The Kier molecular flexibility index (Phi) is 6.47. The summed E-state index contributed by atoms with van der Waals surface area (Å²) < 4.78 is 36.1. The molecule has 1 aliphatic rings. The second-order valence-corrected chi connectivity index (χ2v) is 5.70. The fourth-order valence-corrected chi connectivity index (χ4v) is 2.83. The van der Waals surface area contributed by atoms with Crippen molar-refractivity contribution >= 4 is 0 Å². The summed E-state index contributed by atoms with van der Waals surface area (Å²) in [7, 11) is 0. The molecule has 1 nitrogen and oxygen atoms in total. The van der Waals surface area contributed by atoms with E-state index in [4.69, 9.17) is 0 Å². The van der Waals surface area contributed by atoms with E-state index in [-0.39, 0.29) is 12.5 Å². The molecule has 4 heteroatoms. The van der Waals surface area contributed by atoms with Crippen molar-refractivity contribution < 1.29 is 13.2 Å². The van der Waals surface area contributed by atoms with Gasteiger partial charge in [0.2, 0.25) is 0 Å². The molecule has 0 saturated heterocycles. The van der Waals surface area contributed by atoms with E-state index in [1.54, 1.807) is 0 Å². The topological polar surface area (TPSA) is 12.0 Å². The van der Waals surface area contributed by atoms with Crippen LogP contribution in [0.1, 0.15) is 65.2 Å². The number of alkyl halides is 3. The summed E-state index contributed by atoms with van der Waals surface area (Å²) in [4.78, 5) is 0. The lowest BCUT2D eigenvalue weighted by molar-refractivity contribution is -0.135. The first-order chi connectivity index (χ1) is 8.40. The number of hydrogen-bond donors (Lipinski definition) is 1. The van der Waals surface area contributed by atoms with E-state index >= 15 is 0 Å². The van der Waals surface area contributed by atoms with Crippen LogP contribution < -0.4 is 5.32 Å². The lowest BCUT2D eigenvalue weighted by atomic mass is 9.84. The first-order valence-corrected chi connectivity index (χ1v) is 7.23. The molecule has 0 bridgehead atoms. The second-order valence-electron chi connectivity index (χ2n) is 5.70. The van der Waals surface area contributed by atoms with Crippen molar-refractivity contribution in [2.75, 3.05) is 0 Å². The summed E-state index contributed by atoms with van der Waals surface area (Å²) >= 11 is 0. The Morgan fingerprint density at radius 2 is 1.78 bits per heavy atom. The third-order valence-electron chi connectivity index (χ3n) is 4.04. The highest BCUT2D eigenvalue weighted by atomic mass is 19.4. The van der Waals surface area contributed by atoms with Gasteiger partial charge < -0.3 is 5.32 Å². The van der Waals surface area contributed by atoms with Gasteiger partial charge in [0.05, 0.1) is 0 Å². The highest BCUT2D eigenvalue weighted by Crippen LogP contribution is 2.27. The Morgan fingerprint density at radius 1 is 1.17 bits per heavy atom. The fourth-order valence-electron chi connectivity index (χ4n) is 2.83. The number of rotatable bonds is 6. The molecular formula is C14H26F3N. The quantitative estimate of drug-likeness (QED) is 0.736. The largest absolute Gasteiger partial charge is 0.389 e. The molecule has 0 heterocycles. The van der Waals surface area contributed by atoms with Crippen LogP contribution in [0.3, 0.4) is 0 Å². The summed E-state index contributed by atoms with van der Waals surface area (Å²) in [6, 6.07) is 0.726. The predicted molar refractivity (Wildman–Crippen MR) is 68.5 cm³/mol. The third-order valence-corrected chi connectivity index (χ3v) is 4.04. The van der Waals surface area contributed by atoms with Crippen LogP contribution in [0.15, 0.2) is 0 Å². The standard InChI is InChI=1S/C14H26F3N/c1-3-12-6-8-13(9-7-12)18-11(2)5-4-10-14(15,16)17/h11-13,18H,3-10H2,1-2H3. The number of halogens is 3. The maximum atomic E-state index is 12.0. The van der Waals surface area contributed by atoms with Gasteiger partial charge in [0.1, 0.15) is 0 Å². The lowest BCUT2D eigenvalue weighted by Gasteiger charge is -2.30. The Labute approximate surface area is 109 Å². The van der Waals surface area contributed by atoms with Crippen LogP contribution in [0, 0.1) is 5.92 Å². The van der Waals surface area contributed by atoms with Crippen LogP contribution in [0.5, 0.6) is 0 Å². The van der Waals surface area contributed by atoms with Gasteiger partial charge in [-0.25, -0.2) is 0 Å². The van der Waals surface area contributed by atoms with Crippen molar-refractivity contribution in [1.29, 1.82) is 0 Å². The molecule has 1 saturated carbocycles. The second kappa shape index (κ2) is 7.37. The molecule has 108 valence electrons. The minimum absolute atomic E-state index is 0.204. The minimum Gasteiger partial charge on any atom is -0.312 e. The molecule has 0 radical (unpaired) electrons. The van der Waals surface area contributed by atoms with Crippen molar-refractivity contribution in [3.8, 4) is 0 Å². The van der Waals surface area contributed by atoms with Crippen LogP contribution in [0.4, 0.5) is 13.2 Å². The molecule has 1 aliphatic carbocycles. The lowest BCUT2D eigenvalue weighted by Crippen LogP contribution is -2.39. The highest BCUT2D eigenvalue weighted by Gasteiger charge is 2.27. The van der Waals surface area contributed by atoms with Gasteiger partial charge in [-0.1, -0.05) is 13.3 Å². The molecule has 1 rings (SSSR count). The summed E-state index contributed by atoms with van der Waals surface area (Å²) in [5.74, 6) is 0.864. The summed E-state index contributed by atoms with van der Waals surface area (Å²) in [6.45, 7) is 4.24. The van der Waals surface area contributed by atoms with Crippen LogP contribution in [-0.4, -0.2) is 18.3 Å². The highest BCUT2D eigenvalue weighted by molar-refractivity contribution is 4.78. The predicted octanol–water partition coefficient (Wildman–Crippen LogP) is 4.67. The summed E-state index contributed by atoms with van der Waals surface area (Å²) in [6.07, 6.45) is 2.36. The number of hydrogen-bond acceptors (Lipinski definition) is 1. The first-order valence-electron chi connectivity index (χ1n) is 7.23. The van der Waals surface area contributed by atoms with Gasteiger partial charge in [0, 0.05) is 18.5 Å². The molecule has 1 atom stereocenters. The monoisotopic (exact) mass is 265 g/mol. The minimum atomic E-state index is -4.00. The van der Waals surface area contributed by atoms with Crippen molar-refractivity contribution in [2.45, 2.75) is 83.5 Å². The zero-order valence-electron chi connectivity index (χ0n) is 11.5. The Morgan fingerprint density at radius 3 is 2.28 bits per heavy atom. The smallest absolute Gasteiger partial charge is 0.312 e. The average Bonchev–Trinajstić information content (AvgIpc) is 2.28. The Balaban J connectivity index is 2.11. The van der Waals surface area contributed by atoms with E-state index in [0.29, 0.717) is 12.5 Å². The van der Waals surface area contributed by atoms with Gasteiger partial charge in [-0.3, -0.25) is 0 Å². The summed E-state index contributed by atoms with van der Waals surface area (Å²) in [5, 5.41) is 3.48. The van der Waals surface area contributed by atoms with Gasteiger partial charge in [0.15, 0.2) is 0 Å². The first kappa shape index (κ1) is 15.8. The van der Waals surface area contributed by atoms with Crippen molar-refractivity contribution in [1.82, 2.24) is 5.32 Å². The average molecular weight is 265 g/mol. The molecule has 1 fully saturated rings. The molecular weight excluding hydrogens is 239 g/mol. The SMILES string of the molecule is CCC1CCC(NC(C)CCCC(F)(F)F)CC1. The van der Waals surface area contributed by atoms with Crippen LogP contribution >= 0.6 is 0 Å². The van der Waals surface area contributed by atoms with E-state index in [9.17, 15) is 13.2 Å². The van der Waals surface area contributed by atoms with E-state index in [0.717, 1.165) is 5.92 Å². The number of nitrogens with one attached hydrogen (secondary N) is 1. The molecule has 0 spiro atoms. The van der Waals surface area contributed by atoms with E-state index in [2.05, 4.69) is 12.2 Å². The van der Waals surface area contributed by atoms with Gasteiger partial charge in [-0.05, 0) is 51.4 Å².